The number of rotatable bonds is 9. The summed E-state index contributed by atoms with van der Waals surface area (Å²) >= 11 is 1.16. The Morgan fingerprint density at radius 3 is 2.87 bits per heavy atom. The maximum absolute atomic E-state index is 12.9. The summed E-state index contributed by atoms with van der Waals surface area (Å²) in [7, 11) is 0. The van der Waals surface area contributed by atoms with E-state index in [1.165, 1.54) is 12.1 Å². The molecule has 0 aliphatic heterocycles. The number of amides is 1. The third-order valence-electron chi connectivity index (χ3n) is 2.82. The Balaban J connectivity index is 1.74. The Morgan fingerprint density at radius 1 is 1.35 bits per heavy atom. The van der Waals surface area contributed by atoms with Crippen molar-refractivity contribution in [2.45, 2.75) is 18.6 Å². The smallest absolute Gasteiger partial charge is 0.277 e. The van der Waals surface area contributed by atoms with Crippen LogP contribution >= 0.6 is 11.8 Å². The molecule has 0 radical (unpaired) electrons. The van der Waals surface area contributed by atoms with Crippen molar-refractivity contribution in [3.8, 4) is 11.5 Å². The molecule has 2 rings (SSSR count). The molecule has 0 saturated carbocycles. The normalized spacial score (nSPS) is 10.7. The number of benzene rings is 1. The van der Waals surface area contributed by atoms with Crippen molar-refractivity contribution in [3.63, 3.8) is 0 Å². The molecule has 0 saturated heterocycles. The van der Waals surface area contributed by atoms with E-state index in [0.717, 1.165) is 18.2 Å². The van der Waals surface area contributed by atoms with Gasteiger partial charge < -0.3 is 14.5 Å². The Morgan fingerprint density at radius 2 is 2.13 bits per heavy atom. The molecule has 2 aromatic rings. The number of nitrogens with one attached hydrogen (secondary N) is 1. The topological polar surface area (TPSA) is 77.2 Å². The van der Waals surface area contributed by atoms with Crippen molar-refractivity contribution in [1.29, 1.82) is 0 Å². The van der Waals surface area contributed by atoms with E-state index in [4.69, 9.17) is 9.15 Å². The number of nitrogens with zero attached hydrogens (tertiary/aromatic N) is 2. The molecule has 1 amide bonds. The van der Waals surface area contributed by atoms with Gasteiger partial charge in [0.05, 0.1) is 5.75 Å². The Kier molecular flexibility index (Phi) is 7.02. The molecule has 1 N–H and O–H groups in total. The van der Waals surface area contributed by atoms with E-state index in [1.54, 1.807) is 12.1 Å². The Labute approximate surface area is 137 Å². The third-order valence-corrected chi connectivity index (χ3v) is 3.63. The molecular formula is C15H18FN3O3S. The predicted octanol–water partition coefficient (Wildman–Crippen LogP) is 2.51. The van der Waals surface area contributed by atoms with Gasteiger partial charge in [-0.25, -0.2) is 4.39 Å². The molecule has 6 nitrogen and oxygen atoms in total. The minimum absolute atomic E-state index is 0.104. The van der Waals surface area contributed by atoms with Gasteiger partial charge in [-0.05, 0) is 37.6 Å². The maximum atomic E-state index is 12.9. The van der Waals surface area contributed by atoms with Gasteiger partial charge in [0.15, 0.2) is 0 Å². The molecule has 0 fully saturated rings. The Hall–Kier alpha value is -1.93. The number of hydrogen-bond donors (Lipinski definition) is 1. The number of halogens is 1. The monoisotopic (exact) mass is 339 g/mol. The SMILES string of the molecule is CCOCCCNC(=O)CSc1nnc(-c2ccc(F)cc2)o1. The summed E-state index contributed by atoms with van der Waals surface area (Å²) in [6, 6.07) is 5.76. The molecule has 0 bridgehead atoms. The second-order valence-corrected chi connectivity index (χ2v) is 5.50. The molecule has 0 aliphatic rings. The van der Waals surface area contributed by atoms with E-state index in [0.29, 0.717) is 36.4 Å². The van der Waals surface area contributed by atoms with Gasteiger partial charge in [0, 0.05) is 25.3 Å². The highest BCUT2D eigenvalue weighted by Gasteiger charge is 2.11. The second kappa shape index (κ2) is 9.26. The summed E-state index contributed by atoms with van der Waals surface area (Å²) < 4.78 is 23.5. The van der Waals surface area contributed by atoms with Crippen LogP contribution in [-0.2, 0) is 9.53 Å². The molecule has 0 aliphatic carbocycles. The number of thioether (sulfide) groups is 1. The van der Waals surface area contributed by atoms with Crippen molar-refractivity contribution in [3.05, 3.63) is 30.1 Å². The highest BCUT2D eigenvalue weighted by atomic mass is 32.2. The van der Waals surface area contributed by atoms with Gasteiger partial charge in [-0.3, -0.25) is 4.79 Å². The average Bonchev–Trinajstić information content (AvgIpc) is 3.02. The van der Waals surface area contributed by atoms with Crippen molar-refractivity contribution < 1.29 is 18.3 Å². The molecule has 1 heterocycles. The second-order valence-electron chi connectivity index (χ2n) is 4.57. The fourth-order valence-corrected chi connectivity index (χ4v) is 2.29. The van der Waals surface area contributed by atoms with E-state index in [2.05, 4.69) is 15.5 Å². The zero-order chi connectivity index (χ0) is 16.5. The molecule has 23 heavy (non-hydrogen) atoms. The lowest BCUT2D eigenvalue weighted by atomic mass is 10.2. The van der Waals surface area contributed by atoms with E-state index < -0.39 is 0 Å². The Bertz CT molecular complexity index is 619. The molecule has 0 atom stereocenters. The van der Waals surface area contributed by atoms with Crippen LogP contribution in [0.5, 0.6) is 0 Å². The zero-order valence-electron chi connectivity index (χ0n) is 12.8. The van der Waals surface area contributed by atoms with Gasteiger partial charge in [-0.2, -0.15) is 0 Å². The summed E-state index contributed by atoms with van der Waals surface area (Å²) in [5, 5.41) is 10.8. The van der Waals surface area contributed by atoms with Crippen LogP contribution in [0, 0.1) is 5.82 Å². The highest BCUT2D eigenvalue weighted by molar-refractivity contribution is 7.99. The number of hydrogen-bond acceptors (Lipinski definition) is 6. The highest BCUT2D eigenvalue weighted by Crippen LogP contribution is 2.23. The molecule has 124 valence electrons. The van der Waals surface area contributed by atoms with Crippen LogP contribution in [0.15, 0.2) is 33.9 Å². The lowest BCUT2D eigenvalue weighted by Gasteiger charge is -2.03. The van der Waals surface area contributed by atoms with E-state index in [-0.39, 0.29) is 17.5 Å². The van der Waals surface area contributed by atoms with E-state index >= 15 is 0 Å². The van der Waals surface area contributed by atoms with Crippen LogP contribution in [0.3, 0.4) is 0 Å². The van der Waals surface area contributed by atoms with Crippen LogP contribution < -0.4 is 5.32 Å². The lowest BCUT2D eigenvalue weighted by molar-refractivity contribution is -0.118. The first kappa shape index (κ1) is 17.4. The van der Waals surface area contributed by atoms with Crippen LogP contribution in [0.2, 0.25) is 0 Å². The predicted molar refractivity (Wildman–Crippen MR) is 84.5 cm³/mol. The summed E-state index contributed by atoms with van der Waals surface area (Å²) in [5.41, 5.74) is 0.631. The third kappa shape index (κ3) is 5.99. The van der Waals surface area contributed by atoms with Gasteiger partial charge >= 0.3 is 0 Å². The van der Waals surface area contributed by atoms with Gasteiger partial charge in [0.1, 0.15) is 5.82 Å². The number of carbonyl (C=O) groups excluding carboxylic acids is 1. The minimum atomic E-state index is -0.330. The van der Waals surface area contributed by atoms with Crippen molar-refractivity contribution >= 4 is 17.7 Å². The van der Waals surface area contributed by atoms with Gasteiger partial charge in [0.25, 0.3) is 5.22 Å². The number of aromatic nitrogens is 2. The van der Waals surface area contributed by atoms with Crippen LogP contribution in [0.4, 0.5) is 4.39 Å². The first-order chi connectivity index (χ1) is 11.2. The summed E-state index contributed by atoms with van der Waals surface area (Å²) in [6.45, 7) is 3.82. The van der Waals surface area contributed by atoms with Crippen molar-refractivity contribution in [2.24, 2.45) is 0 Å². The first-order valence-corrected chi connectivity index (χ1v) is 8.24. The fourth-order valence-electron chi connectivity index (χ4n) is 1.70. The summed E-state index contributed by atoms with van der Waals surface area (Å²) in [4.78, 5) is 11.7. The van der Waals surface area contributed by atoms with Gasteiger partial charge in [-0.1, -0.05) is 11.8 Å². The van der Waals surface area contributed by atoms with Gasteiger partial charge in [0.2, 0.25) is 11.8 Å². The van der Waals surface area contributed by atoms with Crippen LogP contribution in [0.25, 0.3) is 11.5 Å². The zero-order valence-corrected chi connectivity index (χ0v) is 13.6. The van der Waals surface area contributed by atoms with Crippen LogP contribution in [-0.4, -0.2) is 41.6 Å². The molecule has 1 aromatic heterocycles. The van der Waals surface area contributed by atoms with E-state index in [1.807, 2.05) is 6.92 Å². The quantitative estimate of drug-likeness (QED) is 0.559. The molecule has 0 spiro atoms. The number of carbonyl (C=O) groups is 1. The molecule has 0 unspecified atom stereocenters. The van der Waals surface area contributed by atoms with Gasteiger partial charge in [-0.15, -0.1) is 10.2 Å². The molecule has 8 heteroatoms. The summed E-state index contributed by atoms with van der Waals surface area (Å²) in [6.07, 6.45) is 0.777. The maximum Gasteiger partial charge on any atom is 0.277 e. The largest absolute Gasteiger partial charge is 0.411 e. The van der Waals surface area contributed by atoms with Crippen molar-refractivity contribution in [1.82, 2.24) is 15.5 Å². The standard InChI is InChI=1S/C15H18FN3O3S/c1-2-21-9-3-8-17-13(20)10-23-15-19-18-14(22-15)11-4-6-12(16)7-5-11/h4-7H,2-3,8-10H2,1H3,(H,17,20). The minimum Gasteiger partial charge on any atom is -0.411 e. The van der Waals surface area contributed by atoms with Crippen molar-refractivity contribution in [2.75, 3.05) is 25.5 Å². The average molecular weight is 339 g/mol. The number of ether oxygens (including phenoxy) is 1. The lowest BCUT2D eigenvalue weighted by Crippen LogP contribution is -2.26. The van der Waals surface area contributed by atoms with E-state index in [9.17, 15) is 9.18 Å². The fraction of sp³-hybridized carbons (Fsp3) is 0.400. The molecule has 1 aromatic carbocycles. The molecular weight excluding hydrogens is 321 g/mol. The van der Waals surface area contributed by atoms with Crippen LogP contribution in [0.1, 0.15) is 13.3 Å². The first-order valence-electron chi connectivity index (χ1n) is 7.25. The summed E-state index contributed by atoms with van der Waals surface area (Å²) in [5.74, 6) is 0.0567.